The Morgan fingerprint density at radius 1 is 0.889 bits per heavy atom. The topological polar surface area (TPSA) is 209 Å². The molecule has 13 heteroatoms. The first-order valence-corrected chi connectivity index (χ1v) is 10.2. The predicted molar refractivity (Wildman–Crippen MR) is 102 cm³/mol. The lowest BCUT2D eigenvalue weighted by Crippen LogP contribution is -2.26. The van der Waals surface area contributed by atoms with E-state index in [-0.39, 0.29) is 33.1 Å². The predicted octanol–water partition coefficient (Wildman–Crippen LogP) is -0.646. The molecule has 0 aliphatic rings. The normalized spacial score (nSPS) is 12.4. The van der Waals surface area contributed by atoms with Crippen LogP contribution in [0.25, 0.3) is 0 Å². The monoisotopic (exact) mass is 411 g/mol. The van der Waals surface area contributed by atoms with Gasteiger partial charge in [0.15, 0.2) is 5.96 Å². The van der Waals surface area contributed by atoms with E-state index < -0.39 is 20.0 Å². The van der Waals surface area contributed by atoms with Gasteiger partial charge < -0.3 is 17.2 Å². The summed E-state index contributed by atoms with van der Waals surface area (Å²) in [4.78, 5) is 7.08. The van der Waals surface area contributed by atoms with Crippen molar-refractivity contribution in [2.45, 2.75) is 9.79 Å². The Kier molecular flexibility index (Phi) is 5.68. The number of anilines is 1. The van der Waals surface area contributed by atoms with Crippen molar-refractivity contribution in [1.82, 2.24) is 0 Å². The first-order chi connectivity index (χ1) is 12.5. The van der Waals surface area contributed by atoms with Crippen LogP contribution in [-0.4, -0.2) is 28.8 Å². The highest BCUT2D eigenvalue weighted by molar-refractivity contribution is 7.93. The number of aliphatic imine (C=N–C) groups is 2. The van der Waals surface area contributed by atoms with E-state index in [0.717, 1.165) is 0 Å². The van der Waals surface area contributed by atoms with Gasteiger partial charge in [-0.05, 0) is 36.4 Å². The maximum absolute atomic E-state index is 12.7. The quantitative estimate of drug-likeness (QED) is 0.317. The number of nitrogens with one attached hydrogen (secondary N) is 1. The van der Waals surface area contributed by atoms with Gasteiger partial charge in [-0.3, -0.25) is 4.72 Å². The van der Waals surface area contributed by atoms with Gasteiger partial charge in [0.05, 0.1) is 10.6 Å². The summed E-state index contributed by atoms with van der Waals surface area (Å²) in [5.41, 5.74) is 16.1. The van der Waals surface area contributed by atoms with Gasteiger partial charge in [0.2, 0.25) is 16.0 Å². The van der Waals surface area contributed by atoms with Crippen LogP contribution in [0, 0.1) is 0 Å². The Bertz CT molecular complexity index is 1100. The van der Waals surface area contributed by atoms with Crippen molar-refractivity contribution < 1.29 is 16.8 Å². The van der Waals surface area contributed by atoms with Crippen LogP contribution in [0.15, 0.2) is 68.3 Å². The fourth-order valence-electron chi connectivity index (χ4n) is 1.98. The molecule has 0 aliphatic heterocycles. The van der Waals surface area contributed by atoms with Crippen molar-refractivity contribution in [3.8, 4) is 0 Å². The summed E-state index contributed by atoms with van der Waals surface area (Å²) in [6.45, 7) is 0. The Morgan fingerprint density at radius 3 is 2.04 bits per heavy atom. The molecule has 2 aromatic carbocycles. The van der Waals surface area contributed by atoms with Crippen LogP contribution in [0.2, 0.25) is 0 Å². The Labute approximate surface area is 155 Å². The van der Waals surface area contributed by atoms with Crippen molar-refractivity contribution in [1.29, 1.82) is 0 Å². The van der Waals surface area contributed by atoms with E-state index in [9.17, 15) is 16.8 Å². The van der Waals surface area contributed by atoms with Crippen LogP contribution >= 0.6 is 0 Å². The minimum Gasteiger partial charge on any atom is -0.370 e. The first kappa shape index (κ1) is 20.2. The van der Waals surface area contributed by atoms with E-state index in [1.54, 1.807) is 6.07 Å². The average Bonchev–Trinajstić information content (AvgIpc) is 2.53. The summed E-state index contributed by atoms with van der Waals surface area (Å²) in [5.74, 6) is -0.653. The summed E-state index contributed by atoms with van der Waals surface area (Å²) < 4.78 is 50.1. The third kappa shape index (κ3) is 5.40. The van der Waals surface area contributed by atoms with Crippen molar-refractivity contribution in [2.75, 3.05) is 4.72 Å². The number of sulfonamides is 2. The molecule has 2 rings (SSSR count). The molecular weight excluding hydrogens is 394 g/mol. The first-order valence-electron chi connectivity index (χ1n) is 7.17. The van der Waals surface area contributed by atoms with E-state index in [0.29, 0.717) is 0 Å². The number of hydrogen-bond acceptors (Lipinski definition) is 5. The second-order valence-electron chi connectivity index (χ2n) is 5.15. The zero-order valence-corrected chi connectivity index (χ0v) is 15.4. The number of rotatable bonds is 5. The van der Waals surface area contributed by atoms with Gasteiger partial charge in [-0.2, -0.15) is 4.99 Å². The maximum Gasteiger partial charge on any atom is 0.264 e. The van der Waals surface area contributed by atoms with E-state index in [1.165, 1.54) is 42.5 Å². The molecule has 0 atom stereocenters. The molecule has 0 heterocycles. The summed E-state index contributed by atoms with van der Waals surface area (Å²) >= 11 is 0. The van der Waals surface area contributed by atoms with Gasteiger partial charge in [-0.25, -0.2) is 27.0 Å². The van der Waals surface area contributed by atoms with Crippen LogP contribution in [-0.2, 0) is 20.0 Å². The Balaban J connectivity index is 2.39. The van der Waals surface area contributed by atoms with Crippen LogP contribution in [0.5, 0.6) is 0 Å². The lowest BCUT2D eigenvalue weighted by molar-refractivity contribution is 0.597. The number of nitrogens with two attached hydrogens (primary N) is 4. The van der Waals surface area contributed by atoms with Gasteiger partial charge in [0, 0.05) is 5.69 Å². The highest BCUT2D eigenvalue weighted by atomic mass is 32.2. The minimum atomic E-state index is -4.07. The third-order valence-corrected chi connectivity index (χ3v) is 5.43. The van der Waals surface area contributed by atoms with Gasteiger partial charge in [0.1, 0.15) is 4.90 Å². The van der Waals surface area contributed by atoms with Gasteiger partial charge >= 0.3 is 0 Å². The molecule has 144 valence electrons. The summed E-state index contributed by atoms with van der Waals surface area (Å²) in [5, 5.41) is 5.00. The van der Waals surface area contributed by atoms with E-state index in [4.69, 9.17) is 22.3 Å². The van der Waals surface area contributed by atoms with Crippen molar-refractivity contribution >= 4 is 43.3 Å². The smallest absolute Gasteiger partial charge is 0.264 e. The van der Waals surface area contributed by atoms with Gasteiger partial charge in [0.25, 0.3) is 10.0 Å². The summed E-state index contributed by atoms with van der Waals surface area (Å²) in [6.07, 6.45) is 0. The van der Waals surface area contributed by atoms with E-state index in [2.05, 4.69) is 14.7 Å². The lowest BCUT2D eigenvalue weighted by atomic mass is 10.3. The SMILES string of the molecule is NC(N)=NC(N)=Nc1ccccc1S(=O)(=O)Nc1ccc(S(N)(=O)=O)cc1. The van der Waals surface area contributed by atoms with Crippen LogP contribution in [0.4, 0.5) is 11.4 Å². The number of benzene rings is 2. The van der Waals surface area contributed by atoms with Gasteiger partial charge in [-0.15, -0.1) is 0 Å². The summed E-state index contributed by atoms with van der Waals surface area (Å²) in [7, 11) is -7.96. The molecule has 11 nitrogen and oxygen atoms in total. The van der Waals surface area contributed by atoms with Crippen LogP contribution in [0.3, 0.4) is 0 Å². The van der Waals surface area contributed by atoms with Crippen LogP contribution < -0.4 is 27.1 Å². The standard InChI is InChI=1S/C14H17N7O4S2/c15-13(16)20-14(17)19-11-3-1-2-4-12(11)27(24,25)21-9-5-7-10(8-6-9)26(18,22)23/h1-8,21H,(H2,18,22,23)(H6,15,16,17,19,20). The van der Waals surface area contributed by atoms with Crippen LogP contribution in [0.1, 0.15) is 0 Å². The maximum atomic E-state index is 12.7. The molecule has 0 saturated carbocycles. The van der Waals surface area contributed by atoms with Crippen molar-refractivity contribution in [3.63, 3.8) is 0 Å². The van der Waals surface area contributed by atoms with Crippen molar-refractivity contribution in [2.24, 2.45) is 32.3 Å². The molecular formula is C14H17N7O4S2. The molecule has 0 radical (unpaired) electrons. The molecule has 0 fully saturated rings. The van der Waals surface area contributed by atoms with Crippen molar-refractivity contribution in [3.05, 3.63) is 48.5 Å². The number of guanidine groups is 2. The van der Waals surface area contributed by atoms with E-state index >= 15 is 0 Å². The molecule has 27 heavy (non-hydrogen) atoms. The molecule has 0 aromatic heterocycles. The number of hydrogen-bond donors (Lipinski definition) is 5. The molecule has 0 aliphatic carbocycles. The second kappa shape index (κ2) is 7.61. The molecule has 2 aromatic rings. The average molecular weight is 411 g/mol. The number of para-hydroxylation sites is 1. The largest absolute Gasteiger partial charge is 0.370 e. The fraction of sp³-hybridized carbons (Fsp3) is 0. The second-order valence-corrected chi connectivity index (χ2v) is 8.36. The summed E-state index contributed by atoms with van der Waals surface area (Å²) in [6, 6.07) is 10.6. The third-order valence-electron chi connectivity index (χ3n) is 3.07. The lowest BCUT2D eigenvalue weighted by Gasteiger charge is -2.10. The number of primary sulfonamides is 1. The number of nitrogens with zero attached hydrogens (tertiary/aromatic N) is 2. The molecule has 9 N–H and O–H groups in total. The Morgan fingerprint density at radius 2 is 1.48 bits per heavy atom. The highest BCUT2D eigenvalue weighted by Crippen LogP contribution is 2.26. The van der Waals surface area contributed by atoms with E-state index in [1.807, 2.05) is 0 Å². The molecule has 0 amide bonds. The zero-order chi connectivity index (χ0) is 20.2. The molecule has 0 spiro atoms. The Hall–Kier alpha value is -3.16. The fourth-order valence-corrected chi connectivity index (χ4v) is 3.70. The molecule has 0 saturated heterocycles. The van der Waals surface area contributed by atoms with Gasteiger partial charge in [-0.1, -0.05) is 12.1 Å². The molecule has 0 unspecified atom stereocenters. The minimum absolute atomic E-state index is 0.00801. The zero-order valence-electron chi connectivity index (χ0n) is 13.8. The molecule has 0 bridgehead atoms. The highest BCUT2D eigenvalue weighted by Gasteiger charge is 2.19.